The van der Waals surface area contributed by atoms with Gasteiger partial charge in [0.05, 0.1) is 0 Å². The van der Waals surface area contributed by atoms with E-state index in [4.69, 9.17) is 21.1 Å². The molecule has 0 unspecified atom stereocenters. The molecule has 0 bridgehead atoms. The molecule has 2 rings (SSSR count). The number of hydrogen-bond donors (Lipinski definition) is 0. The zero-order valence-electron chi connectivity index (χ0n) is 6.29. The highest BCUT2D eigenvalue weighted by Gasteiger charge is 2.08. The Bertz CT molecular complexity index is 320. The van der Waals surface area contributed by atoms with Crippen LogP contribution in [0.3, 0.4) is 0 Å². The van der Waals surface area contributed by atoms with Crippen LogP contribution in [0, 0.1) is 0 Å². The van der Waals surface area contributed by atoms with E-state index in [0.717, 1.165) is 11.3 Å². The number of rotatable bonds is 1. The Hall–Kier alpha value is -1.15. The number of benzene rings is 1. The van der Waals surface area contributed by atoms with Gasteiger partial charge in [0.1, 0.15) is 6.26 Å². The van der Waals surface area contributed by atoms with Gasteiger partial charge >= 0.3 is 0 Å². The van der Waals surface area contributed by atoms with Crippen molar-refractivity contribution in [3.63, 3.8) is 0 Å². The van der Waals surface area contributed by atoms with Crippen LogP contribution in [0.4, 0.5) is 0 Å². The Morgan fingerprint density at radius 2 is 2.25 bits per heavy atom. The van der Waals surface area contributed by atoms with Crippen molar-refractivity contribution in [1.29, 1.82) is 0 Å². The fourth-order valence-corrected chi connectivity index (χ4v) is 1.22. The summed E-state index contributed by atoms with van der Waals surface area (Å²) in [5, 5.41) is 0.698. The van der Waals surface area contributed by atoms with Crippen LogP contribution in [0.5, 0.6) is 0 Å². The summed E-state index contributed by atoms with van der Waals surface area (Å²) in [7, 11) is 0. The third kappa shape index (κ3) is 1.38. The molecular weight excluding hydrogens is 176 g/mol. The lowest BCUT2D eigenvalue weighted by Crippen LogP contribution is -1.85. The molecule has 0 atom stereocenters. The molecule has 0 radical (unpaired) electrons. The first-order valence-corrected chi connectivity index (χ1v) is 3.94. The van der Waals surface area contributed by atoms with E-state index in [1.165, 1.54) is 0 Å². The summed E-state index contributed by atoms with van der Waals surface area (Å²) in [6.07, 6.45) is 1.59. The largest absolute Gasteiger partial charge is 0.461 e. The molecule has 1 aromatic carbocycles. The van der Waals surface area contributed by atoms with E-state index in [0.29, 0.717) is 11.8 Å². The summed E-state index contributed by atoms with van der Waals surface area (Å²) >= 11 is 5.80. The minimum Gasteiger partial charge on any atom is -0.461 e. The Balaban J connectivity index is 2.33. The minimum absolute atomic E-state index is 0.293. The second-order valence-corrected chi connectivity index (χ2v) is 2.86. The number of halogens is 1. The van der Waals surface area contributed by atoms with Crippen LogP contribution in [0.25, 0.3) is 5.76 Å². The molecule has 0 N–H and O–H groups in total. The third-order valence-corrected chi connectivity index (χ3v) is 1.82. The molecule has 2 nitrogen and oxygen atoms in total. The van der Waals surface area contributed by atoms with Crippen LogP contribution in [0.2, 0.25) is 5.02 Å². The average Bonchev–Trinajstić information content (AvgIpc) is 2.56. The molecular formula is C9H7ClO2. The topological polar surface area (TPSA) is 18.5 Å². The van der Waals surface area contributed by atoms with Crippen LogP contribution in [-0.2, 0) is 9.47 Å². The van der Waals surface area contributed by atoms with Gasteiger partial charge in [0.2, 0.25) is 6.79 Å². The van der Waals surface area contributed by atoms with Crippen LogP contribution in [-0.4, -0.2) is 6.79 Å². The van der Waals surface area contributed by atoms with Gasteiger partial charge in [-0.1, -0.05) is 23.7 Å². The zero-order chi connectivity index (χ0) is 8.39. The van der Waals surface area contributed by atoms with Crippen molar-refractivity contribution in [1.82, 2.24) is 0 Å². The van der Waals surface area contributed by atoms with Crippen molar-refractivity contribution in [3.05, 3.63) is 41.1 Å². The van der Waals surface area contributed by atoms with Crippen LogP contribution in [0.15, 0.2) is 30.5 Å². The van der Waals surface area contributed by atoms with Crippen molar-refractivity contribution in [2.45, 2.75) is 0 Å². The SMILES string of the molecule is Clc1cccc(C2=COCO2)c1. The number of hydrogen-bond acceptors (Lipinski definition) is 2. The van der Waals surface area contributed by atoms with Crippen molar-refractivity contribution >= 4 is 17.4 Å². The molecule has 12 heavy (non-hydrogen) atoms. The minimum atomic E-state index is 0.293. The quantitative estimate of drug-likeness (QED) is 0.665. The summed E-state index contributed by atoms with van der Waals surface area (Å²) in [5.74, 6) is 0.734. The first kappa shape index (κ1) is 7.50. The molecule has 1 aliphatic rings. The van der Waals surface area contributed by atoms with Gasteiger partial charge in [-0.3, -0.25) is 0 Å². The fraction of sp³-hybridized carbons (Fsp3) is 0.111. The molecule has 1 aliphatic heterocycles. The van der Waals surface area contributed by atoms with Gasteiger partial charge < -0.3 is 9.47 Å². The predicted octanol–water partition coefficient (Wildman–Crippen LogP) is 2.64. The summed E-state index contributed by atoms with van der Waals surface area (Å²) in [6.45, 7) is 0.293. The second-order valence-electron chi connectivity index (χ2n) is 2.42. The lowest BCUT2D eigenvalue weighted by molar-refractivity contribution is 0.100. The van der Waals surface area contributed by atoms with E-state index in [1.54, 1.807) is 6.26 Å². The first-order valence-electron chi connectivity index (χ1n) is 3.57. The molecule has 0 fully saturated rings. The zero-order valence-corrected chi connectivity index (χ0v) is 7.04. The maximum atomic E-state index is 5.80. The van der Waals surface area contributed by atoms with E-state index < -0.39 is 0 Å². The number of ether oxygens (including phenoxy) is 2. The smallest absolute Gasteiger partial charge is 0.230 e. The monoisotopic (exact) mass is 182 g/mol. The Labute approximate surface area is 75.4 Å². The normalized spacial score (nSPS) is 14.9. The van der Waals surface area contributed by atoms with Crippen molar-refractivity contribution < 1.29 is 9.47 Å². The molecule has 1 heterocycles. The van der Waals surface area contributed by atoms with E-state index in [1.807, 2.05) is 24.3 Å². The Kier molecular flexibility index (Phi) is 1.92. The van der Waals surface area contributed by atoms with E-state index in [2.05, 4.69) is 0 Å². The van der Waals surface area contributed by atoms with Crippen LogP contribution in [0.1, 0.15) is 5.56 Å². The molecule has 1 aromatic rings. The third-order valence-electron chi connectivity index (χ3n) is 1.58. The van der Waals surface area contributed by atoms with E-state index in [-0.39, 0.29) is 0 Å². The van der Waals surface area contributed by atoms with Crippen molar-refractivity contribution in [2.75, 3.05) is 6.79 Å². The Morgan fingerprint density at radius 3 is 2.92 bits per heavy atom. The van der Waals surface area contributed by atoms with Gasteiger partial charge in [-0.05, 0) is 12.1 Å². The summed E-state index contributed by atoms with van der Waals surface area (Å²) in [4.78, 5) is 0. The van der Waals surface area contributed by atoms with Gasteiger partial charge in [0.15, 0.2) is 5.76 Å². The lowest BCUT2D eigenvalue weighted by Gasteiger charge is -2.00. The molecule has 3 heteroatoms. The molecule has 0 spiro atoms. The van der Waals surface area contributed by atoms with Gasteiger partial charge in [-0.2, -0.15) is 0 Å². The van der Waals surface area contributed by atoms with Crippen molar-refractivity contribution in [2.24, 2.45) is 0 Å². The highest BCUT2D eigenvalue weighted by Crippen LogP contribution is 2.22. The summed E-state index contributed by atoms with van der Waals surface area (Å²) in [6, 6.07) is 7.45. The second kappa shape index (κ2) is 3.07. The Morgan fingerprint density at radius 1 is 1.33 bits per heavy atom. The maximum Gasteiger partial charge on any atom is 0.230 e. The molecule has 0 aromatic heterocycles. The fourth-order valence-electron chi connectivity index (χ4n) is 1.03. The molecule has 0 saturated carbocycles. The van der Waals surface area contributed by atoms with Gasteiger partial charge in [0.25, 0.3) is 0 Å². The van der Waals surface area contributed by atoms with Crippen molar-refractivity contribution in [3.8, 4) is 0 Å². The standard InChI is InChI=1S/C9H7ClO2/c10-8-3-1-2-7(4-8)9-5-11-6-12-9/h1-5H,6H2. The highest BCUT2D eigenvalue weighted by molar-refractivity contribution is 6.30. The van der Waals surface area contributed by atoms with Gasteiger partial charge in [0, 0.05) is 10.6 Å². The predicted molar refractivity (Wildman–Crippen MR) is 46.5 cm³/mol. The maximum absolute atomic E-state index is 5.80. The van der Waals surface area contributed by atoms with Crippen LogP contribution < -0.4 is 0 Å². The first-order chi connectivity index (χ1) is 5.86. The molecule has 0 saturated heterocycles. The van der Waals surface area contributed by atoms with Crippen LogP contribution >= 0.6 is 11.6 Å². The molecule has 62 valence electrons. The van der Waals surface area contributed by atoms with E-state index >= 15 is 0 Å². The van der Waals surface area contributed by atoms with Gasteiger partial charge in [-0.25, -0.2) is 0 Å². The van der Waals surface area contributed by atoms with E-state index in [9.17, 15) is 0 Å². The summed E-state index contributed by atoms with van der Waals surface area (Å²) in [5.41, 5.74) is 0.944. The van der Waals surface area contributed by atoms with Gasteiger partial charge in [-0.15, -0.1) is 0 Å². The molecule has 0 aliphatic carbocycles. The summed E-state index contributed by atoms with van der Waals surface area (Å²) < 4.78 is 10.1. The highest BCUT2D eigenvalue weighted by atomic mass is 35.5. The average molecular weight is 183 g/mol. The molecule has 0 amide bonds. The lowest BCUT2D eigenvalue weighted by atomic mass is 10.2.